The van der Waals surface area contributed by atoms with Gasteiger partial charge in [-0.15, -0.1) is 0 Å². The molecule has 0 spiro atoms. The summed E-state index contributed by atoms with van der Waals surface area (Å²) in [5.74, 6) is -1.93. The second kappa shape index (κ2) is 7.59. The third-order valence-corrected chi connectivity index (χ3v) is 5.20. The molecule has 0 atom stereocenters. The van der Waals surface area contributed by atoms with E-state index in [1.807, 2.05) is 0 Å². The average Bonchev–Trinajstić information content (AvgIpc) is 3.08. The maximum absolute atomic E-state index is 12.9. The molecule has 1 aliphatic heterocycles. The largest absolute Gasteiger partial charge is 0.439 e. The number of benzene rings is 3. The Morgan fingerprint density at radius 3 is 1.97 bits per heavy atom. The number of imide groups is 1. The lowest BCUT2D eigenvalue weighted by Crippen LogP contribution is -2.34. The maximum Gasteiger partial charge on any atom is 0.361 e. The lowest BCUT2D eigenvalue weighted by molar-refractivity contribution is 0.0224. The summed E-state index contributed by atoms with van der Waals surface area (Å²) < 4.78 is 6.42. The molecule has 0 saturated carbocycles. The number of fused-ring (bicyclic) bond motifs is 2. The minimum absolute atomic E-state index is 0.0966. The Morgan fingerprint density at radius 1 is 0.750 bits per heavy atom. The van der Waals surface area contributed by atoms with Crippen molar-refractivity contribution in [2.75, 3.05) is 6.73 Å². The predicted octanol–water partition coefficient (Wildman–Crippen LogP) is 2.80. The molecule has 8 nitrogen and oxygen atoms in total. The van der Waals surface area contributed by atoms with E-state index in [4.69, 9.17) is 4.74 Å². The van der Waals surface area contributed by atoms with E-state index < -0.39 is 24.5 Å². The van der Waals surface area contributed by atoms with Crippen molar-refractivity contribution in [1.82, 2.24) is 14.7 Å². The quantitative estimate of drug-likeness (QED) is 0.368. The highest BCUT2D eigenvalue weighted by Crippen LogP contribution is 2.23. The normalized spacial score (nSPS) is 12.8. The van der Waals surface area contributed by atoms with Gasteiger partial charge in [-0.25, -0.2) is 9.69 Å². The molecule has 0 aliphatic carbocycles. The highest BCUT2D eigenvalue weighted by atomic mass is 16.5. The van der Waals surface area contributed by atoms with Crippen molar-refractivity contribution in [1.29, 1.82) is 0 Å². The van der Waals surface area contributed by atoms with Crippen molar-refractivity contribution >= 4 is 28.6 Å². The predicted molar refractivity (Wildman–Crippen MR) is 115 cm³/mol. The molecule has 1 aromatic heterocycles. The van der Waals surface area contributed by atoms with Crippen LogP contribution in [0.25, 0.3) is 16.5 Å². The number of rotatable bonds is 4. The number of hydrogen-bond acceptors (Lipinski definition) is 6. The molecule has 0 saturated heterocycles. The van der Waals surface area contributed by atoms with Gasteiger partial charge in [0.15, 0.2) is 12.4 Å². The molecule has 5 rings (SSSR count). The minimum Gasteiger partial charge on any atom is -0.439 e. The fraction of sp³-hybridized carbons (Fsp3) is 0.0417. The molecule has 156 valence electrons. The number of para-hydroxylation sites is 1. The van der Waals surface area contributed by atoms with Crippen LogP contribution in [0.4, 0.5) is 0 Å². The minimum atomic E-state index is -0.859. The lowest BCUT2D eigenvalue weighted by Gasteiger charge is -2.15. The standard InChI is InChI=1S/C24H15N3O5/c28-21-18-12-6-7-13-19(18)22(29)26(21)14-32-24(31)20-16-10-4-5-11-17(16)23(30)27(25-20)15-8-2-1-3-9-15/h1-13H,14H2. The first kappa shape index (κ1) is 19.4. The second-order valence-corrected chi connectivity index (χ2v) is 7.09. The van der Waals surface area contributed by atoms with Gasteiger partial charge in [0.1, 0.15) is 0 Å². The number of carbonyl (C=O) groups is 3. The molecule has 2 heterocycles. The van der Waals surface area contributed by atoms with E-state index in [2.05, 4.69) is 5.10 Å². The molecule has 8 heteroatoms. The number of nitrogens with zero attached hydrogens (tertiary/aromatic N) is 3. The van der Waals surface area contributed by atoms with E-state index in [0.717, 1.165) is 9.58 Å². The van der Waals surface area contributed by atoms with Gasteiger partial charge in [0.25, 0.3) is 17.4 Å². The van der Waals surface area contributed by atoms with Gasteiger partial charge >= 0.3 is 5.97 Å². The molecule has 4 aromatic rings. The first-order chi connectivity index (χ1) is 15.6. The van der Waals surface area contributed by atoms with Gasteiger partial charge in [-0.2, -0.15) is 9.78 Å². The van der Waals surface area contributed by atoms with Crippen molar-refractivity contribution in [3.63, 3.8) is 0 Å². The van der Waals surface area contributed by atoms with Crippen LogP contribution in [0.2, 0.25) is 0 Å². The molecule has 2 amide bonds. The molecule has 1 aliphatic rings. The first-order valence-electron chi connectivity index (χ1n) is 9.76. The van der Waals surface area contributed by atoms with Crippen LogP contribution in [0.3, 0.4) is 0 Å². The van der Waals surface area contributed by atoms with Gasteiger partial charge in [-0.05, 0) is 30.3 Å². The molecular formula is C24H15N3O5. The topological polar surface area (TPSA) is 98.6 Å². The molecule has 0 radical (unpaired) electrons. The molecule has 0 N–H and O–H groups in total. The number of ether oxygens (including phenoxy) is 1. The fourth-order valence-corrected chi connectivity index (χ4v) is 3.63. The SMILES string of the molecule is O=C(OCN1C(=O)c2ccccc2C1=O)c1nn(-c2ccccc2)c(=O)c2ccccc12. The number of carbonyl (C=O) groups excluding carboxylic acids is 3. The van der Waals surface area contributed by atoms with Crippen LogP contribution in [0.1, 0.15) is 31.2 Å². The summed E-state index contributed by atoms with van der Waals surface area (Å²) in [7, 11) is 0. The summed E-state index contributed by atoms with van der Waals surface area (Å²) in [5, 5.41) is 4.84. The van der Waals surface area contributed by atoms with Gasteiger partial charge in [0.05, 0.1) is 22.2 Å². The van der Waals surface area contributed by atoms with Crippen molar-refractivity contribution < 1.29 is 19.1 Å². The Balaban J connectivity index is 1.49. The summed E-state index contributed by atoms with van der Waals surface area (Å²) in [5.41, 5.74) is 0.520. The summed E-state index contributed by atoms with van der Waals surface area (Å²) in [6, 6.07) is 21.6. The van der Waals surface area contributed by atoms with Crippen LogP contribution < -0.4 is 5.56 Å². The average molecular weight is 425 g/mol. The Hall–Kier alpha value is -4.59. The van der Waals surface area contributed by atoms with Gasteiger partial charge in [-0.1, -0.05) is 48.5 Å². The molecule has 0 unspecified atom stereocenters. The molecule has 32 heavy (non-hydrogen) atoms. The van der Waals surface area contributed by atoms with Crippen LogP contribution in [0.5, 0.6) is 0 Å². The Bertz CT molecular complexity index is 1420. The summed E-state index contributed by atoms with van der Waals surface area (Å²) in [6.45, 7) is -0.564. The fourth-order valence-electron chi connectivity index (χ4n) is 3.63. The van der Waals surface area contributed by atoms with E-state index in [1.54, 1.807) is 78.9 Å². The van der Waals surface area contributed by atoms with Crippen LogP contribution >= 0.6 is 0 Å². The van der Waals surface area contributed by atoms with Crippen LogP contribution in [-0.2, 0) is 4.74 Å². The van der Waals surface area contributed by atoms with Crippen molar-refractivity contribution in [3.05, 3.63) is 106 Å². The number of amides is 2. The molecule has 0 bridgehead atoms. The highest BCUT2D eigenvalue weighted by molar-refractivity contribution is 6.21. The molecule has 3 aromatic carbocycles. The summed E-state index contributed by atoms with van der Waals surface area (Å²) >= 11 is 0. The summed E-state index contributed by atoms with van der Waals surface area (Å²) in [4.78, 5) is 51.7. The van der Waals surface area contributed by atoms with Gasteiger partial charge < -0.3 is 4.74 Å². The Labute approximate surface area is 181 Å². The van der Waals surface area contributed by atoms with Crippen LogP contribution in [0.15, 0.2) is 83.7 Å². The molecular weight excluding hydrogens is 410 g/mol. The summed E-state index contributed by atoms with van der Waals surface area (Å²) in [6.07, 6.45) is 0. The van der Waals surface area contributed by atoms with Gasteiger partial charge in [0.2, 0.25) is 0 Å². The van der Waals surface area contributed by atoms with E-state index in [9.17, 15) is 19.2 Å². The molecule has 0 fully saturated rings. The Morgan fingerprint density at radius 2 is 1.31 bits per heavy atom. The zero-order valence-corrected chi connectivity index (χ0v) is 16.6. The van der Waals surface area contributed by atoms with Gasteiger partial charge in [0, 0.05) is 5.39 Å². The van der Waals surface area contributed by atoms with Crippen molar-refractivity contribution in [3.8, 4) is 5.69 Å². The van der Waals surface area contributed by atoms with Gasteiger partial charge in [-0.3, -0.25) is 14.4 Å². The second-order valence-electron chi connectivity index (χ2n) is 7.09. The lowest BCUT2D eigenvalue weighted by atomic mass is 10.1. The van der Waals surface area contributed by atoms with E-state index >= 15 is 0 Å². The highest BCUT2D eigenvalue weighted by Gasteiger charge is 2.36. The van der Waals surface area contributed by atoms with E-state index in [0.29, 0.717) is 16.5 Å². The van der Waals surface area contributed by atoms with Crippen molar-refractivity contribution in [2.45, 2.75) is 0 Å². The maximum atomic E-state index is 12.9. The Kier molecular flexibility index (Phi) is 4.59. The van der Waals surface area contributed by atoms with E-state index in [1.165, 1.54) is 0 Å². The third kappa shape index (κ3) is 3.05. The van der Waals surface area contributed by atoms with Crippen LogP contribution in [0, 0.1) is 0 Å². The zero-order chi connectivity index (χ0) is 22.2. The monoisotopic (exact) mass is 425 g/mol. The smallest absolute Gasteiger partial charge is 0.361 e. The van der Waals surface area contributed by atoms with Crippen molar-refractivity contribution in [2.24, 2.45) is 0 Å². The van der Waals surface area contributed by atoms with Crippen LogP contribution in [-0.4, -0.2) is 39.2 Å². The third-order valence-electron chi connectivity index (χ3n) is 5.20. The van der Waals surface area contributed by atoms with E-state index in [-0.39, 0.29) is 22.4 Å². The number of esters is 1. The first-order valence-corrected chi connectivity index (χ1v) is 9.76. The number of hydrogen-bond donors (Lipinski definition) is 0. The zero-order valence-electron chi connectivity index (χ0n) is 16.6. The number of aromatic nitrogens is 2.